The summed E-state index contributed by atoms with van der Waals surface area (Å²) in [6, 6.07) is 6.32. The zero-order valence-corrected chi connectivity index (χ0v) is 19.8. The van der Waals surface area contributed by atoms with Crippen LogP contribution in [0.5, 0.6) is 0 Å². The fourth-order valence-electron chi connectivity index (χ4n) is 3.20. The van der Waals surface area contributed by atoms with Crippen molar-refractivity contribution in [1.29, 1.82) is 0 Å². The quantitative estimate of drug-likeness (QED) is 0.525. The van der Waals surface area contributed by atoms with Gasteiger partial charge in [-0.25, -0.2) is 0 Å². The summed E-state index contributed by atoms with van der Waals surface area (Å²) in [7, 11) is 0. The van der Waals surface area contributed by atoms with Crippen LogP contribution in [0.1, 0.15) is 71.9 Å². The van der Waals surface area contributed by atoms with E-state index in [0.29, 0.717) is 12.2 Å². The summed E-state index contributed by atoms with van der Waals surface area (Å²) >= 11 is 0. The van der Waals surface area contributed by atoms with E-state index in [1.807, 2.05) is 50.1 Å². The molecule has 1 aromatic carbocycles. The number of hydrogen-bond acceptors (Lipinski definition) is 5. The molecule has 1 heterocycles. The second-order valence-electron chi connectivity index (χ2n) is 7.17. The van der Waals surface area contributed by atoms with Crippen LogP contribution in [-0.2, 0) is 11.2 Å². The lowest BCUT2D eigenvalue weighted by molar-refractivity contribution is -0.117. The van der Waals surface area contributed by atoms with Gasteiger partial charge in [-0.1, -0.05) is 32.9 Å². The van der Waals surface area contributed by atoms with E-state index in [9.17, 15) is 4.79 Å². The van der Waals surface area contributed by atoms with Gasteiger partial charge in [-0.2, -0.15) is 0 Å². The standard InChI is InChI=1S/C17H26N4O.C5H11N.C2H6/c1-12-4-5-15-10-14(16(19)11-20-9-3-8-18)6-7-17(15)21(12)13(2)22;1-3-4-5(2)6;1-2/h6-7,10-12,20H,3-5,8-9,18-19H2,1-2H3;4H,3,6H2,1-2H3;1-2H3/b16-11-;5-4-;/t12-;;/m0../s1. The van der Waals surface area contributed by atoms with Crippen LogP contribution in [0.4, 0.5) is 5.69 Å². The van der Waals surface area contributed by atoms with Gasteiger partial charge in [0, 0.05) is 37.1 Å². The second-order valence-corrected chi connectivity index (χ2v) is 7.17. The van der Waals surface area contributed by atoms with Gasteiger partial charge in [0.1, 0.15) is 0 Å². The Balaban J connectivity index is 0.000000905. The third-order valence-electron chi connectivity index (χ3n) is 4.59. The molecule has 1 aromatic rings. The molecular formula is C24H43N5O. The molecule has 0 saturated heterocycles. The van der Waals surface area contributed by atoms with E-state index in [2.05, 4.69) is 25.2 Å². The van der Waals surface area contributed by atoms with Crippen molar-refractivity contribution in [1.82, 2.24) is 5.32 Å². The number of allylic oxidation sites excluding steroid dienone is 2. The molecule has 0 radical (unpaired) electrons. The van der Waals surface area contributed by atoms with Crippen molar-refractivity contribution in [2.45, 2.75) is 73.3 Å². The maximum atomic E-state index is 11.9. The van der Waals surface area contributed by atoms with Crippen LogP contribution >= 0.6 is 0 Å². The van der Waals surface area contributed by atoms with E-state index < -0.39 is 0 Å². The van der Waals surface area contributed by atoms with Gasteiger partial charge in [-0.15, -0.1) is 0 Å². The first kappa shape index (κ1) is 27.5. The number of carbonyl (C=O) groups excluding carboxylic acids is 1. The highest BCUT2D eigenvalue weighted by Crippen LogP contribution is 2.32. The van der Waals surface area contributed by atoms with Crippen LogP contribution in [-0.4, -0.2) is 25.0 Å². The molecule has 1 atom stereocenters. The Morgan fingerprint density at radius 1 is 1.27 bits per heavy atom. The molecule has 1 aliphatic heterocycles. The van der Waals surface area contributed by atoms with E-state index in [-0.39, 0.29) is 11.9 Å². The van der Waals surface area contributed by atoms with Gasteiger partial charge in [0.25, 0.3) is 0 Å². The molecular weight excluding hydrogens is 374 g/mol. The van der Waals surface area contributed by atoms with Gasteiger partial charge < -0.3 is 27.4 Å². The minimum absolute atomic E-state index is 0.0909. The Morgan fingerprint density at radius 2 is 1.93 bits per heavy atom. The molecule has 0 unspecified atom stereocenters. The van der Waals surface area contributed by atoms with E-state index in [1.165, 1.54) is 5.56 Å². The van der Waals surface area contributed by atoms with Crippen LogP contribution in [0.3, 0.4) is 0 Å². The number of aryl methyl sites for hydroxylation is 1. The Labute approximate surface area is 183 Å². The molecule has 0 aliphatic carbocycles. The summed E-state index contributed by atoms with van der Waals surface area (Å²) < 4.78 is 0. The van der Waals surface area contributed by atoms with Gasteiger partial charge in [0.2, 0.25) is 5.91 Å². The number of nitrogens with two attached hydrogens (primary N) is 3. The van der Waals surface area contributed by atoms with Gasteiger partial charge in [-0.05, 0) is 69.3 Å². The topological polar surface area (TPSA) is 110 Å². The molecule has 170 valence electrons. The first-order valence-corrected chi connectivity index (χ1v) is 11.1. The third-order valence-corrected chi connectivity index (χ3v) is 4.59. The highest BCUT2D eigenvalue weighted by molar-refractivity contribution is 5.93. The van der Waals surface area contributed by atoms with E-state index in [0.717, 1.165) is 49.2 Å². The average molecular weight is 418 g/mol. The molecule has 6 nitrogen and oxygen atoms in total. The molecule has 0 saturated carbocycles. The number of nitrogens with zero attached hydrogens (tertiary/aromatic N) is 1. The lowest BCUT2D eigenvalue weighted by atomic mass is 9.94. The number of rotatable bonds is 6. The number of anilines is 1. The Hall–Kier alpha value is -2.47. The summed E-state index contributed by atoms with van der Waals surface area (Å²) in [5, 5.41) is 3.17. The molecule has 0 fully saturated rings. The highest BCUT2D eigenvalue weighted by Gasteiger charge is 2.26. The zero-order chi connectivity index (χ0) is 23.1. The molecule has 0 bridgehead atoms. The molecule has 2 rings (SSSR count). The SMILES string of the molecule is CC.CC(=O)N1c2ccc(/C(N)=C/NCCCN)cc2CC[C@@H]1C.CC/C=C(/C)N. The monoisotopic (exact) mass is 417 g/mol. The lowest BCUT2D eigenvalue weighted by Gasteiger charge is -2.34. The minimum Gasteiger partial charge on any atom is -0.403 e. The van der Waals surface area contributed by atoms with Crippen molar-refractivity contribution in [2.75, 3.05) is 18.0 Å². The van der Waals surface area contributed by atoms with Gasteiger partial charge in [-0.3, -0.25) is 4.79 Å². The number of amides is 1. The van der Waals surface area contributed by atoms with Crippen LogP contribution in [0.25, 0.3) is 5.70 Å². The summed E-state index contributed by atoms with van der Waals surface area (Å²) in [4.78, 5) is 13.7. The number of carbonyl (C=O) groups is 1. The summed E-state index contributed by atoms with van der Waals surface area (Å²) in [6.45, 7) is 13.2. The smallest absolute Gasteiger partial charge is 0.224 e. The Morgan fingerprint density at radius 3 is 2.43 bits per heavy atom. The molecule has 30 heavy (non-hydrogen) atoms. The second kappa shape index (κ2) is 15.4. The fraction of sp³-hybridized carbons (Fsp3) is 0.542. The Kier molecular flexibility index (Phi) is 14.1. The first-order chi connectivity index (χ1) is 14.3. The molecule has 7 N–H and O–H groups in total. The van der Waals surface area contributed by atoms with Gasteiger partial charge >= 0.3 is 0 Å². The molecule has 0 spiro atoms. The third kappa shape index (κ3) is 9.35. The number of hydrogen-bond donors (Lipinski definition) is 4. The molecule has 1 amide bonds. The fourth-order valence-corrected chi connectivity index (χ4v) is 3.20. The predicted molar refractivity (Wildman–Crippen MR) is 131 cm³/mol. The number of benzene rings is 1. The van der Waals surface area contributed by atoms with Crippen molar-refractivity contribution in [3.05, 3.63) is 47.3 Å². The predicted octanol–water partition coefficient (Wildman–Crippen LogP) is 3.85. The van der Waals surface area contributed by atoms with Crippen LogP contribution in [0.15, 0.2) is 36.2 Å². The minimum atomic E-state index is 0.0909. The maximum Gasteiger partial charge on any atom is 0.224 e. The largest absolute Gasteiger partial charge is 0.403 e. The summed E-state index contributed by atoms with van der Waals surface area (Å²) in [5.74, 6) is 0.0909. The van der Waals surface area contributed by atoms with Crippen molar-refractivity contribution >= 4 is 17.3 Å². The van der Waals surface area contributed by atoms with Crippen molar-refractivity contribution in [3.8, 4) is 0 Å². The molecule has 6 heteroatoms. The van der Waals surface area contributed by atoms with Crippen LogP contribution < -0.4 is 27.4 Å². The normalized spacial score (nSPS) is 15.8. The van der Waals surface area contributed by atoms with E-state index in [4.69, 9.17) is 17.2 Å². The Bertz CT molecular complexity index is 693. The lowest BCUT2D eigenvalue weighted by Crippen LogP contribution is -2.40. The zero-order valence-electron chi connectivity index (χ0n) is 19.8. The van der Waals surface area contributed by atoms with E-state index >= 15 is 0 Å². The molecule has 0 aromatic heterocycles. The number of nitrogens with one attached hydrogen (secondary N) is 1. The highest BCUT2D eigenvalue weighted by atomic mass is 16.2. The summed E-state index contributed by atoms with van der Waals surface area (Å²) in [5.41, 5.74) is 21.6. The first-order valence-electron chi connectivity index (χ1n) is 11.1. The van der Waals surface area contributed by atoms with Crippen molar-refractivity contribution in [2.24, 2.45) is 17.2 Å². The van der Waals surface area contributed by atoms with Gasteiger partial charge in [0.05, 0.1) is 5.70 Å². The summed E-state index contributed by atoms with van der Waals surface area (Å²) in [6.07, 6.45) is 7.73. The average Bonchev–Trinajstić information content (AvgIpc) is 2.72. The molecule has 1 aliphatic rings. The van der Waals surface area contributed by atoms with Crippen LogP contribution in [0, 0.1) is 0 Å². The van der Waals surface area contributed by atoms with Crippen LogP contribution in [0.2, 0.25) is 0 Å². The van der Waals surface area contributed by atoms with E-state index in [1.54, 1.807) is 6.92 Å². The maximum absolute atomic E-state index is 11.9. The van der Waals surface area contributed by atoms with Crippen molar-refractivity contribution in [3.63, 3.8) is 0 Å². The number of fused-ring (bicyclic) bond motifs is 1. The van der Waals surface area contributed by atoms with Crippen molar-refractivity contribution < 1.29 is 4.79 Å². The van der Waals surface area contributed by atoms with Gasteiger partial charge in [0.15, 0.2) is 0 Å².